The summed E-state index contributed by atoms with van der Waals surface area (Å²) in [5.74, 6) is -3.06. The van der Waals surface area contributed by atoms with Crippen molar-refractivity contribution in [2.75, 3.05) is 18.4 Å². The van der Waals surface area contributed by atoms with Gasteiger partial charge in [-0.05, 0) is 37.8 Å². The van der Waals surface area contributed by atoms with E-state index in [1.165, 1.54) is 11.1 Å². The van der Waals surface area contributed by atoms with Crippen molar-refractivity contribution in [3.05, 3.63) is 23.4 Å². The van der Waals surface area contributed by atoms with Crippen molar-refractivity contribution < 1.29 is 22.8 Å². The van der Waals surface area contributed by atoms with Gasteiger partial charge in [-0.25, -0.2) is 4.98 Å². The number of pyridine rings is 1. The van der Waals surface area contributed by atoms with Crippen molar-refractivity contribution in [1.82, 2.24) is 9.88 Å². The van der Waals surface area contributed by atoms with Crippen LogP contribution in [0, 0.1) is 17.8 Å². The molecule has 2 heterocycles. The standard InChI is InChI=1S/C19H23ClF3N3O2/c20-13-5-6-16(24-11-13)25-17(27)12-7-9-26(10-8-12)18(28)14-3-1-2-4-15(14)19(21,22)23/h5-6,11-12,14-15H,1-4,7-10H2,(H,24,25,27). The molecule has 154 valence electrons. The van der Waals surface area contributed by atoms with E-state index in [1.54, 1.807) is 12.1 Å². The summed E-state index contributed by atoms with van der Waals surface area (Å²) in [7, 11) is 0. The number of amides is 2. The van der Waals surface area contributed by atoms with Crippen LogP contribution in [0.15, 0.2) is 18.3 Å². The normalized spacial score (nSPS) is 24.1. The van der Waals surface area contributed by atoms with E-state index in [9.17, 15) is 22.8 Å². The number of halogens is 4. The minimum Gasteiger partial charge on any atom is -0.342 e. The lowest BCUT2D eigenvalue weighted by atomic mass is 9.77. The fourth-order valence-electron chi connectivity index (χ4n) is 4.09. The van der Waals surface area contributed by atoms with Crippen molar-refractivity contribution in [3.8, 4) is 0 Å². The fourth-order valence-corrected chi connectivity index (χ4v) is 4.20. The highest BCUT2D eigenvalue weighted by molar-refractivity contribution is 6.30. The van der Waals surface area contributed by atoms with Gasteiger partial charge in [0.25, 0.3) is 0 Å². The molecule has 2 aliphatic rings. The Morgan fingerprint density at radius 2 is 1.79 bits per heavy atom. The average molecular weight is 418 g/mol. The van der Waals surface area contributed by atoms with Gasteiger partial charge in [-0.15, -0.1) is 0 Å². The molecule has 5 nitrogen and oxygen atoms in total. The Bertz CT molecular complexity index is 703. The van der Waals surface area contributed by atoms with Gasteiger partial charge >= 0.3 is 6.18 Å². The first-order valence-electron chi connectivity index (χ1n) is 9.53. The third kappa shape index (κ3) is 4.96. The minimum atomic E-state index is -4.34. The smallest absolute Gasteiger partial charge is 0.342 e. The van der Waals surface area contributed by atoms with Crippen molar-refractivity contribution >= 4 is 29.2 Å². The Balaban J connectivity index is 1.54. The Kier molecular flexibility index (Phi) is 6.47. The van der Waals surface area contributed by atoms with Crippen LogP contribution in [0.1, 0.15) is 38.5 Å². The maximum atomic E-state index is 13.3. The predicted octanol–water partition coefficient (Wildman–Crippen LogP) is 4.28. The van der Waals surface area contributed by atoms with Gasteiger partial charge in [-0.3, -0.25) is 9.59 Å². The zero-order valence-corrected chi connectivity index (χ0v) is 16.1. The first-order valence-corrected chi connectivity index (χ1v) is 9.91. The Morgan fingerprint density at radius 1 is 1.11 bits per heavy atom. The molecule has 0 aromatic carbocycles. The molecule has 2 amide bonds. The van der Waals surface area contributed by atoms with Crippen molar-refractivity contribution in [1.29, 1.82) is 0 Å². The van der Waals surface area contributed by atoms with Gasteiger partial charge in [0.2, 0.25) is 11.8 Å². The number of alkyl halides is 3. The zero-order valence-electron chi connectivity index (χ0n) is 15.3. The van der Waals surface area contributed by atoms with E-state index in [0.29, 0.717) is 49.6 Å². The van der Waals surface area contributed by atoms with Crippen LogP contribution in [0.5, 0.6) is 0 Å². The largest absolute Gasteiger partial charge is 0.392 e. The molecule has 2 atom stereocenters. The van der Waals surface area contributed by atoms with E-state index in [-0.39, 0.29) is 24.7 Å². The zero-order chi connectivity index (χ0) is 20.3. The Labute approximate surface area is 166 Å². The maximum absolute atomic E-state index is 13.3. The van der Waals surface area contributed by atoms with Crippen LogP contribution >= 0.6 is 11.6 Å². The van der Waals surface area contributed by atoms with E-state index in [4.69, 9.17) is 11.6 Å². The molecule has 3 rings (SSSR count). The first-order chi connectivity index (χ1) is 13.3. The highest BCUT2D eigenvalue weighted by Gasteiger charge is 2.49. The summed E-state index contributed by atoms with van der Waals surface area (Å²) in [6.45, 7) is 0.595. The lowest BCUT2D eigenvalue weighted by Gasteiger charge is -2.38. The number of nitrogens with zero attached hydrogens (tertiary/aromatic N) is 2. The van der Waals surface area contributed by atoms with Crippen LogP contribution in [0.4, 0.5) is 19.0 Å². The lowest BCUT2D eigenvalue weighted by molar-refractivity contribution is -0.201. The number of rotatable bonds is 3. The molecule has 0 spiro atoms. The number of carbonyl (C=O) groups excluding carboxylic acids is 2. The molecule has 9 heteroatoms. The topological polar surface area (TPSA) is 62.3 Å². The highest BCUT2D eigenvalue weighted by Crippen LogP contribution is 2.42. The van der Waals surface area contributed by atoms with Crippen LogP contribution in [0.3, 0.4) is 0 Å². The second-order valence-electron chi connectivity index (χ2n) is 7.49. The molecule has 1 aliphatic carbocycles. The number of hydrogen-bond donors (Lipinski definition) is 1. The summed E-state index contributed by atoms with van der Waals surface area (Å²) < 4.78 is 39.8. The number of likely N-dealkylation sites (tertiary alicyclic amines) is 1. The van der Waals surface area contributed by atoms with Crippen LogP contribution in [0.25, 0.3) is 0 Å². The molecule has 1 saturated heterocycles. The van der Waals surface area contributed by atoms with Gasteiger partial charge in [0.05, 0.1) is 10.9 Å². The number of nitrogens with one attached hydrogen (secondary N) is 1. The number of piperidine rings is 1. The molecule has 28 heavy (non-hydrogen) atoms. The van der Waals surface area contributed by atoms with Crippen LogP contribution < -0.4 is 5.32 Å². The molecule has 2 fully saturated rings. The van der Waals surface area contributed by atoms with Crippen LogP contribution in [-0.4, -0.2) is 41.0 Å². The molecule has 1 N–H and O–H groups in total. The second kappa shape index (κ2) is 8.68. The molecular weight excluding hydrogens is 395 g/mol. The van der Waals surface area contributed by atoms with Gasteiger partial charge in [0, 0.05) is 31.1 Å². The van der Waals surface area contributed by atoms with E-state index in [2.05, 4.69) is 10.3 Å². The summed E-state index contributed by atoms with van der Waals surface area (Å²) >= 11 is 5.76. The molecule has 2 unspecified atom stereocenters. The second-order valence-corrected chi connectivity index (χ2v) is 7.93. The third-order valence-corrected chi connectivity index (χ3v) is 5.88. The third-order valence-electron chi connectivity index (χ3n) is 5.66. The van der Waals surface area contributed by atoms with Gasteiger partial charge < -0.3 is 10.2 Å². The molecule has 1 saturated carbocycles. The Hall–Kier alpha value is -1.83. The first kappa shape index (κ1) is 20.9. The van der Waals surface area contributed by atoms with E-state index >= 15 is 0 Å². The van der Waals surface area contributed by atoms with Gasteiger partial charge in [-0.2, -0.15) is 13.2 Å². The Morgan fingerprint density at radius 3 is 2.39 bits per heavy atom. The average Bonchev–Trinajstić information content (AvgIpc) is 2.68. The van der Waals surface area contributed by atoms with E-state index in [0.717, 1.165) is 0 Å². The van der Waals surface area contributed by atoms with Gasteiger partial charge in [0.1, 0.15) is 5.82 Å². The number of aromatic nitrogens is 1. The molecule has 1 aromatic heterocycles. The van der Waals surface area contributed by atoms with Gasteiger partial charge in [0.15, 0.2) is 0 Å². The van der Waals surface area contributed by atoms with Crippen molar-refractivity contribution in [2.24, 2.45) is 17.8 Å². The minimum absolute atomic E-state index is 0.0207. The lowest BCUT2D eigenvalue weighted by Crippen LogP contribution is -2.48. The summed E-state index contributed by atoms with van der Waals surface area (Å²) in [5, 5.41) is 3.18. The molecule has 1 aliphatic heterocycles. The van der Waals surface area contributed by atoms with Crippen LogP contribution in [-0.2, 0) is 9.59 Å². The number of hydrogen-bond acceptors (Lipinski definition) is 3. The number of anilines is 1. The quantitative estimate of drug-likeness (QED) is 0.798. The van der Waals surface area contributed by atoms with E-state index < -0.39 is 23.9 Å². The summed E-state index contributed by atoms with van der Waals surface area (Å²) in [6, 6.07) is 3.21. The number of carbonyl (C=O) groups is 2. The molecule has 0 bridgehead atoms. The SMILES string of the molecule is O=C(Nc1ccc(Cl)cn1)C1CCN(C(=O)C2CCCCC2C(F)(F)F)CC1. The predicted molar refractivity (Wildman–Crippen MR) is 98.7 cm³/mol. The summed E-state index contributed by atoms with van der Waals surface area (Å²) in [6.07, 6.45) is -0.600. The maximum Gasteiger partial charge on any atom is 0.392 e. The van der Waals surface area contributed by atoms with Crippen molar-refractivity contribution in [3.63, 3.8) is 0 Å². The summed E-state index contributed by atoms with van der Waals surface area (Å²) in [5.41, 5.74) is 0. The van der Waals surface area contributed by atoms with Crippen molar-refractivity contribution in [2.45, 2.75) is 44.7 Å². The monoisotopic (exact) mass is 417 g/mol. The molecular formula is C19H23ClF3N3O2. The van der Waals surface area contributed by atoms with Gasteiger partial charge in [-0.1, -0.05) is 24.4 Å². The molecule has 0 radical (unpaired) electrons. The van der Waals surface area contributed by atoms with E-state index in [1.807, 2.05) is 0 Å². The summed E-state index contributed by atoms with van der Waals surface area (Å²) in [4.78, 5) is 30.6. The molecule has 1 aromatic rings. The van der Waals surface area contributed by atoms with Crippen LogP contribution in [0.2, 0.25) is 5.02 Å². The fraction of sp³-hybridized carbons (Fsp3) is 0.632. The highest BCUT2D eigenvalue weighted by atomic mass is 35.5.